The van der Waals surface area contributed by atoms with E-state index in [1.165, 1.54) is 0 Å². The second-order valence-corrected chi connectivity index (χ2v) is 14.0. The zero-order valence-electron chi connectivity index (χ0n) is 25.8. The van der Waals surface area contributed by atoms with E-state index in [4.69, 9.17) is 0 Å². The molecule has 7 nitrogen and oxygen atoms in total. The molecule has 4 rings (SSSR count). The van der Waals surface area contributed by atoms with Gasteiger partial charge in [-0.05, 0) is 54.5 Å². The van der Waals surface area contributed by atoms with E-state index in [1.807, 2.05) is 73.7 Å². The molecule has 0 aliphatic heterocycles. The van der Waals surface area contributed by atoms with Gasteiger partial charge in [-0.3, -0.25) is 13.9 Å². The Kier molecular flexibility index (Phi) is 11.0. The predicted octanol–water partition coefficient (Wildman–Crippen LogP) is 5.97. The summed E-state index contributed by atoms with van der Waals surface area (Å²) in [5, 5.41) is 3.24. The maximum atomic E-state index is 14.3. The molecule has 8 heteroatoms. The zero-order valence-corrected chi connectivity index (χ0v) is 26.6. The molecule has 0 saturated heterocycles. The van der Waals surface area contributed by atoms with E-state index in [0.717, 1.165) is 64.9 Å². The molecular weight excluding hydrogens is 558 g/mol. The van der Waals surface area contributed by atoms with Gasteiger partial charge >= 0.3 is 0 Å². The molecule has 0 aromatic heterocycles. The summed E-state index contributed by atoms with van der Waals surface area (Å²) in [4.78, 5) is 29.9. The van der Waals surface area contributed by atoms with Gasteiger partial charge in [-0.15, -0.1) is 0 Å². The quantitative estimate of drug-likeness (QED) is 0.276. The van der Waals surface area contributed by atoms with Crippen LogP contribution in [0, 0.1) is 6.92 Å². The van der Waals surface area contributed by atoms with Crippen LogP contribution in [0.25, 0.3) is 0 Å². The number of anilines is 1. The van der Waals surface area contributed by atoms with Gasteiger partial charge in [0.25, 0.3) is 0 Å². The highest BCUT2D eigenvalue weighted by Gasteiger charge is 2.34. The SMILES string of the molecule is Cc1ccc(CN(C(=O)CN(c2ccc(C(C)C)cc2)S(C)(=O)=O)[C@@H](Cc2ccccc2)C(=O)NC2CCCCC2)cc1. The molecule has 1 atom stereocenters. The number of sulfonamides is 1. The predicted molar refractivity (Wildman–Crippen MR) is 173 cm³/mol. The van der Waals surface area contributed by atoms with Crippen molar-refractivity contribution in [3.05, 3.63) is 101 Å². The number of carbonyl (C=O) groups excluding carboxylic acids is 2. The van der Waals surface area contributed by atoms with E-state index < -0.39 is 28.5 Å². The number of hydrogen-bond acceptors (Lipinski definition) is 4. The third-order valence-corrected chi connectivity index (χ3v) is 9.36. The van der Waals surface area contributed by atoms with Gasteiger partial charge in [0.05, 0.1) is 11.9 Å². The fraction of sp³-hybridized carbons (Fsp3) is 0.429. The molecule has 1 aliphatic rings. The molecule has 1 N–H and O–H groups in total. The van der Waals surface area contributed by atoms with Gasteiger partial charge in [0.15, 0.2) is 0 Å². The van der Waals surface area contributed by atoms with Crippen LogP contribution < -0.4 is 9.62 Å². The Hall–Kier alpha value is -3.65. The van der Waals surface area contributed by atoms with E-state index in [-0.39, 0.29) is 24.4 Å². The first-order chi connectivity index (χ1) is 20.5. The zero-order chi connectivity index (χ0) is 31.0. The molecule has 1 saturated carbocycles. The molecule has 0 spiro atoms. The third-order valence-electron chi connectivity index (χ3n) is 8.22. The number of amides is 2. The summed E-state index contributed by atoms with van der Waals surface area (Å²) >= 11 is 0. The van der Waals surface area contributed by atoms with E-state index in [1.54, 1.807) is 17.0 Å². The number of nitrogens with zero attached hydrogens (tertiary/aromatic N) is 2. The van der Waals surface area contributed by atoms with Crippen LogP contribution in [0.4, 0.5) is 5.69 Å². The Morgan fingerprint density at radius 1 is 0.860 bits per heavy atom. The van der Waals surface area contributed by atoms with Crippen LogP contribution in [0.5, 0.6) is 0 Å². The topological polar surface area (TPSA) is 86.8 Å². The summed E-state index contributed by atoms with van der Waals surface area (Å²) in [7, 11) is -3.80. The van der Waals surface area contributed by atoms with Gasteiger partial charge in [-0.2, -0.15) is 0 Å². The Morgan fingerprint density at radius 2 is 1.49 bits per heavy atom. The van der Waals surface area contributed by atoms with Crippen LogP contribution in [-0.4, -0.2) is 50.0 Å². The van der Waals surface area contributed by atoms with Crippen molar-refractivity contribution in [3.63, 3.8) is 0 Å². The summed E-state index contributed by atoms with van der Waals surface area (Å²) in [5.41, 5.74) is 4.38. The van der Waals surface area contributed by atoms with Crippen LogP contribution in [0.15, 0.2) is 78.9 Å². The van der Waals surface area contributed by atoms with Crippen molar-refractivity contribution >= 4 is 27.5 Å². The van der Waals surface area contributed by atoms with Crippen molar-refractivity contribution in [2.45, 2.75) is 83.8 Å². The van der Waals surface area contributed by atoms with Crippen molar-refractivity contribution < 1.29 is 18.0 Å². The minimum Gasteiger partial charge on any atom is -0.352 e. The lowest BCUT2D eigenvalue weighted by Gasteiger charge is -2.35. The normalized spacial score (nSPS) is 14.7. The van der Waals surface area contributed by atoms with E-state index in [0.29, 0.717) is 12.1 Å². The molecular formula is C35H45N3O4S. The lowest BCUT2D eigenvalue weighted by Crippen LogP contribution is -2.55. The highest BCUT2D eigenvalue weighted by atomic mass is 32.2. The second-order valence-electron chi connectivity index (χ2n) is 12.1. The summed E-state index contributed by atoms with van der Waals surface area (Å²) in [6, 6.07) is 24.0. The molecule has 43 heavy (non-hydrogen) atoms. The van der Waals surface area contributed by atoms with E-state index in [9.17, 15) is 18.0 Å². The molecule has 0 bridgehead atoms. The van der Waals surface area contributed by atoms with Gasteiger partial charge in [0, 0.05) is 19.0 Å². The van der Waals surface area contributed by atoms with E-state index in [2.05, 4.69) is 19.2 Å². The first-order valence-electron chi connectivity index (χ1n) is 15.3. The van der Waals surface area contributed by atoms with Crippen LogP contribution in [0.3, 0.4) is 0 Å². The standard InChI is InChI=1S/C35H45N3O4S/c1-26(2)30-19-21-32(22-20-30)38(43(4,41)42)25-34(39)37(24-29-17-15-27(3)16-18-29)33(23-28-11-7-5-8-12-28)35(40)36-31-13-9-6-10-14-31/h5,7-8,11-12,15-22,26,31,33H,6,9-10,13-14,23-25H2,1-4H3,(H,36,40)/t33-/m0/s1. The lowest BCUT2D eigenvalue weighted by atomic mass is 9.94. The number of carbonyl (C=O) groups is 2. The fourth-order valence-electron chi connectivity index (χ4n) is 5.63. The Morgan fingerprint density at radius 3 is 2.07 bits per heavy atom. The van der Waals surface area contributed by atoms with Gasteiger partial charge in [-0.1, -0.05) is 105 Å². The molecule has 1 aliphatic carbocycles. The largest absolute Gasteiger partial charge is 0.352 e. The maximum Gasteiger partial charge on any atom is 0.244 e. The maximum absolute atomic E-state index is 14.3. The monoisotopic (exact) mass is 603 g/mol. The molecule has 0 radical (unpaired) electrons. The average Bonchev–Trinajstić information content (AvgIpc) is 2.99. The van der Waals surface area contributed by atoms with Gasteiger partial charge in [0.2, 0.25) is 21.8 Å². The van der Waals surface area contributed by atoms with Crippen molar-refractivity contribution in [3.8, 4) is 0 Å². The first kappa shape index (κ1) is 32.3. The van der Waals surface area contributed by atoms with Crippen molar-refractivity contribution in [1.29, 1.82) is 0 Å². The summed E-state index contributed by atoms with van der Waals surface area (Å²) in [5.74, 6) is -0.351. The average molecular weight is 604 g/mol. The molecule has 1 fully saturated rings. The van der Waals surface area contributed by atoms with Crippen LogP contribution in [0.1, 0.15) is 74.1 Å². The summed E-state index contributed by atoms with van der Waals surface area (Å²) < 4.78 is 27.2. The number of rotatable bonds is 12. The molecule has 0 heterocycles. The molecule has 230 valence electrons. The molecule has 3 aromatic rings. The molecule has 0 unspecified atom stereocenters. The highest BCUT2D eigenvalue weighted by Crippen LogP contribution is 2.24. The third kappa shape index (κ3) is 9.17. The minimum atomic E-state index is -3.80. The van der Waals surface area contributed by atoms with Crippen LogP contribution in [-0.2, 0) is 32.6 Å². The fourth-order valence-corrected chi connectivity index (χ4v) is 6.48. The Balaban J connectivity index is 1.71. The number of aryl methyl sites for hydroxylation is 1. The number of benzene rings is 3. The van der Waals surface area contributed by atoms with Gasteiger partial charge in [-0.25, -0.2) is 8.42 Å². The van der Waals surface area contributed by atoms with Crippen molar-refractivity contribution in [1.82, 2.24) is 10.2 Å². The summed E-state index contributed by atoms with van der Waals surface area (Å²) in [6.45, 7) is 5.91. The minimum absolute atomic E-state index is 0.0721. The number of hydrogen-bond donors (Lipinski definition) is 1. The van der Waals surface area contributed by atoms with Crippen LogP contribution >= 0.6 is 0 Å². The van der Waals surface area contributed by atoms with Gasteiger partial charge in [0.1, 0.15) is 12.6 Å². The molecule has 3 aromatic carbocycles. The first-order valence-corrected chi connectivity index (χ1v) is 17.1. The second kappa shape index (κ2) is 14.7. The Bertz CT molecular complexity index is 1450. The summed E-state index contributed by atoms with van der Waals surface area (Å²) in [6.07, 6.45) is 6.57. The van der Waals surface area contributed by atoms with E-state index >= 15 is 0 Å². The lowest BCUT2D eigenvalue weighted by molar-refractivity contribution is -0.140. The van der Waals surface area contributed by atoms with Crippen LogP contribution in [0.2, 0.25) is 0 Å². The number of nitrogens with one attached hydrogen (secondary N) is 1. The molecule has 2 amide bonds. The van der Waals surface area contributed by atoms with Crippen molar-refractivity contribution in [2.24, 2.45) is 0 Å². The Labute approximate surface area is 257 Å². The van der Waals surface area contributed by atoms with Crippen molar-refractivity contribution in [2.75, 3.05) is 17.1 Å². The van der Waals surface area contributed by atoms with Gasteiger partial charge < -0.3 is 10.2 Å². The smallest absolute Gasteiger partial charge is 0.244 e. The highest BCUT2D eigenvalue weighted by molar-refractivity contribution is 7.92.